The van der Waals surface area contributed by atoms with Gasteiger partial charge in [-0.1, -0.05) is 0 Å². The first-order valence-electron chi connectivity index (χ1n) is 6.69. The van der Waals surface area contributed by atoms with Gasteiger partial charge in [-0.25, -0.2) is 4.79 Å². The maximum Gasteiger partial charge on any atom is 0.314 e. The molecule has 5 nitrogen and oxygen atoms in total. The largest absolute Gasteiger partial charge is 0.341 e. The Kier molecular flexibility index (Phi) is 6.75. The molecule has 0 bridgehead atoms. The van der Waals surface area contributed by atoms with E-state index in [1.165, 1.54) is 32.5 Å². The Bertz CT molecular complexity index is 258. The van der Waals surface area contributed by atoms with E-state index in [1.807, 2.05) is 0 Å². The monoisotopic (exact) mass is 276 g/mol. The molecule has 0 aromatic heterocycles. The van der Waals surface area contributed by atoms with E-state index in [4.69, 9.17) is 0 Å². The highest BCUT2D eigenvalue weighted by Crippen LogP contribution is 2.17. The van der Waals surface area contributed by atoms with Gasteiger partial charge in [-0.3, -0.25) is 0 Å². The molecule has 2 aliphatic rings. The van der Waals surface area contributed by atoms with Crippen LogP contribution < -0.4 is 16.0 Å². The van der Waals surface area contributed by atoms with Gasteiger partial charge >= 0.3 is 6.03 Å². The summed E-state index contributed by atoms with van der Waals surface area (Å²) >= 11 is 0. The van der Waals surface area contributed by atoms with Crippen molar-refractivity contribution >= 4 is 18.4 Å². The van der Waals surface area contributed by atoms with Gasteiger partial charge in [-0.15, -0.1) is 12.4 Å². The van der Waals surface area contributed by atoms with Gasteiger partial charge in [-0.2, -0.15) is 0 Å². The van der Waals surface area contributed by atoms with E-state index in [9.17, 15) is 4.79 Å². The van der Waals surface area contributed by atoms with Crippen molar-refractivity contribution in [3.05, 3.63) is 0 Å². The number of piperidine rings is 1. The molecule has 1 atom stereocenters. The maximum absolute atomic E-state index is 11.2. The lowest BCUT2D eigenvalue weighted by Gasteiger charge is -2.27. The molecule has 0 radical (unpaired) electrons. The van der Waals surface area contributed by atoms with E-state index in [1.54, 1.807) is 7.05 Å². The van der Waals surface area contributed by atoms with E-state index < -0.39 is 0 Å². The van der Waals surface area contributed by atoms with Gasteiger partial charge in [0.25, 0.3) is 0 Å². The molecule has 106 valence electrons. The van der Waals surface area contributed by atoms with Crippen LogP contribution in [0.4, 0.5) is 4.79 Å². The van der Waals surface area contributed by atoms with Crippen LogP contribution in [0.25, 0.3) is 0 Å². The van der Waals surface area contributed by atoms with Crippen LogP contribution in [0.3, 0.4) is 0 Å². The van der Waals surface area contributed by atoms with E-state index >= 15 is 0 Å². The summed E-state index contributed by atoms with van der Waals surface area (Å²) in [6.45, 7) is 5.67. The molecule has 1 unspecified atom stereocenters. The Balaban J connectivity index is 0.00000162. The van der Waals surface area contributed by atoms with Crippen LogP contribution >= 0.6 is 12.4 Å². The molecule has 6 heteroatoms. The lowest BCUT2D eigenvalue weighted by Crippen LogP contribution is -2.42. The number of carbonyl (C=O) groups excluding carboxylic acids is 1. The van der Waals surface area contributed by atoms with Crippen molar-refractivity contribution < 1.29 is 4.79 Å². The minimum Gasteiger partial charge on any atom is -0.341 e. The number of carbonyl (C=O) groups is 1. The molecule has 2 aliphatic heterocycles. The van der Waals surface area contributed by atoms with Crippen molar-refractivity contribution in [1.29, 1.82) is 0 Å². The van der Waals surface area contributed by atoms with Crippen molar-refractivity contribution in [2.24, 2.45) is 5.92 Å². The molecule has 3 N–H and O–H groups in total. The Hall–Kier alpha value is -0.520. The topological polar surface area (TPSA) is 56.4 Å². The molecule has 0 aliphatic carbocycles. The van der Waals surface area contributed by atoms with Crippen molar-refractivity contribution in [2.45, 2.75) is 25.3 Å². The fraction of sp³-hybridized carbons (Fsp3) is 0.917. The fourth-order valence-corrected chi connectivity index (χ4v) is 2.80. The highest BCUT2D eigenvalue weighted by molar-refractivity contribution is 5.85. The first kappa shape index (κ1) is 15.5. The third-order valence-electron chi connectivity index (χ3n) is 3.81. The lowest BCUT2D eigenvalue weighted by atomic mass is 9.98. The normalized spacial score (nSPS) is 25.5. The van der Waals surface area contributed by atoms with E-state index in [-0.39, 0.29) is 18.4 Å². The van der Waals surface area contributed by atoms with E-state index in [2.05, 4.69) is 20.9 Å². The Morgan fingerprint density at radius 1 is 1.33 bits per heavy atom. The third-order valence-corrected chi connectivity index (χ3v) is 3.81. The molecule has 2 amide bonds. The van der Waals surface area contributed by atoms with Crippen LogP contribution in [0.5, 0.6) is 0 Å². The Labute approximate surface area is 115 Å². The summed E-state index contributed by atoms with van der Waals surface area (Å²) in [7, 11) is 1.66. The zero-order valence-corrected chi connectivity index (χ0v) is 11.9. The van der Waals surface area contributed by atoms with Crippen LogP contribution in [0.1, 0.15) is 19.3 Å². The quantitative estimate of drug-likeness (QED) is 0.700. The summed E-state index contributed by atoms with van der Waals surface area (Å²) in [6, 6.07) is 0.274. The molecule has 0 aromatic rings. The fourth-order valence-electron chi connectivity index (χ4n) is 2.80. The van der Waals surface area contributed by atoms with Crippen LogP contribution in [-0.4, -0.2) is 56.7 Å². The van der Waals surface area contributed by atoms with Gasteiger partial charge in [0, 0.05) is 32.7 Å². The van der Waals surface area contributed by atoms with Gasteiger partial charge in [0.2, 0.25) is 0 Å². The number of likely N-dealkylation sites (tertiary alicyclic amines) is 1. The first-order chi connectivity index (χ1) is 8.28. The van der Waals surface area contributed by atoms with Gasteiger partial charge < -0.3 is 20.9 Å². The summed E-state index contributed by atoms with van der Waals surface area (Å²) in [5, 5.41) is 9.00. The predicted molar refractivity (Wildman–Crippen MR) is 75.3 cm³/mol. The smallest absolute Gasteiger partial charge is 0.314 e. The standard InChI is InChI=1S/C12H24N4O.ClH/c1-13-12(17)15-11-4-7-16(9-11)8-10-2-5-14-6-3-10;/h10-11,14H,2-9H2,1H3,(H2,13,15,17);1H. The zero-order valence-electron chi connectivity index (χ0n) is 11.1. The number of nitrogens with zero attached hydrogens (tertiary/aromatic N) is 1. The second-order valence-corrected chi connectivity index (χ2v) is 5.16. The van der Waals surface area contributed by atoms with Crippen LogP contribution in [-0.2, 0) is 0 Å². The molecule has 2 heterocycles. The molecule has 18 heavy (non-hydrogen) atoms. The number of urea groups is 1. The number of halogens is 1. The average Bonchev–Trinajstić information content (AvgIpc) is 2.77. The van der Waals surface area contributed by atoms with Crippen molar-refractivity contribution in [2.75, 3.05) is 39.8 Å². The van der Waals surface area contributed by atoms with Crippen molar-refractivity contribution in [3.63, 3.8) is 0 Å². The minimum absolute atomic E-state index is 0. The van der Waals surface area contributed by atoms with Gasteiger partial charge in [-0.05, 0) is 38.3 Å². The summed E-state index contributed by atoms with van der Waals surface area (Å²) in [5.41, 5.74) is 0. The summed E-state index contributed by atoms with van der Waals surface area (Å²) < 4.78 is 0. The number of rotatable bonds is 3. The first-order valence-corrected chi connectivity index (χ1v) is 6.69. The third kappa shape index (κ3) is 4.63. The number of amides is 2. The molecule has 0 aromatic carbocycles. The lowest BCUT2D eigenvalue weighted by molar-refractivity contribution is 0.229. The second-order valence-electron chi connectivity index (χ2n) is 5.16. The predicted octanol–water partition coefficient (Wildman–Crippen LogP) is 0.411. The SMILES string of the molecule is CNC(=O)NC1CCN(CC2CCNCC2)C1.Cl. The molecular formula is C12H25ClN4O. The zero-order chi connectivity index (χ0) is 12.1. The molecule has 0 saturated carbocycles. The highest BCUT2D eigenvalue weighted by atomic mass is 35.5. The maximum atomic E-state index is 11.2. The molecule has 2 rings (SSSR count). The van der Waals surface area contributed by atoms with Gasteiger partial charge in [0.05, 0.1) is 0 Å². The Morgan fingerprint density at radius 2 is 2.06 bits per heavy atom. The van der Waals surface area contributed by atoms with Crippen molar-refractivity contribution in [1.82, 2.24) is 20.9 Å². The van der Waals surface area contributed by atoms with Gasteiger partial charge in [0.1, 0.15) is 0 Å². The number of hydrogen-bond acceptors (Lipinski definition) is 3. The molecule has 2 saturated heterocycles. The number of hydrogen-bond donors (Lipinski definition) is 3. The molecule has 0 spiro atoms. The number of nitrogens with one attached hydrogen (secondary N) is 3. The Morgan fingerprint density at radius 3 is 2.72 bits per heavy atom. The van der Waals surface area contributed by atoms with Gasteiger partial charge in [0.15, 0.2) is 0 Å². The van der Waals surface area contributed by atoms with Crippen LogP contribution in [0.15, 0.2) is 0 Å². The summed E-state index contributed by atoms with van der Waals surface area (Å²) in [5.74, 6) is 0.843. The second kappa shape index (κ2) is 7.81. The van der Waals surface area contributed by atoms with E-state index in [0.717, 1.165) is 25.4 Å². The van der Waals surface area contributed by atoms with Crippen LogP contribution in [0, 0.1) is 5.92 Å². The van der Waals surface area contributed by atoms with Crippen LogP contribution in [0.2, 0.25) is 0 Å². The minimum atomic E-state index is -0.0567. The van der Waals surface area contributed by atoms with E-state index in [0.29, 0.717) is 6.04 Å². The van der Waals surface area contributed by atoms with Crippen molar-refractivity contribution in [3.8, 4) is 0 Å². The summed E-state index contributed by atoms with van der Waals surface area (Å²) in [6.07, 6.45) is 3.67. The average molecular weight is 277 g/mol. The molecule has 2 fully saturated rings. The molecular weight excluding hydrogens is 252 g/mol. The highest BCUT2D eigenvalue weighted by Gasteiger charge is 2.25. The summed E-state index contributed by atoms with van der Waals surface area (Å²) in [4.78, 5) is 13.7.